The third-order valence-electron chi connectivity index (χ3n) is 4.27. The Bertz CT molecular complexity index is 439. The molecule has 0 aromatic heterocycles. The van der Waals surface area contributed by atoms with Gasteiger partial charge in [0.05, 0.1) is 0 Å². The Kier molecular flexibility index (Phi) is 13.8. The third kappa shape index (κ3) is 8.13. The normalized spacial score (nSPS) is 24.4. The van der Waals surface area contributed by atoms with E-state index in [1.807, 2.05) is 20.0 Å². The Morgan fingerprint density at radius 2 is 1.57 bits per heavy atom. The van der Waals surface area contributed by atoms with Crippen LogP contribution in [0.15, 0.2) is 39.8 Å². The van der Waals surface area contributed by atoms with E-state index in [0.29, 0.717) is 11.8 Å². The molecule has 0 amide bonds. The smallest absolute Gasteiger partial charge is 0.122 e. The number of halogens is 1. The number of hydrogen-bond donors (Lipinski definition) is 0. The largest absolute Gasteiger partial charge is 0.266 e. The van der Waals surface area contributed by atoms with Gasteiger partial charge in [0.1, 0.15) is 5.83 Å². The summed E-state index contributed by atoms with van der Waals surface area (Å²) in [4.78, 5) is 4.30. The van der Waals surface area contributed by atoms with E-state index in [9.17, 15) is 4.39 Å². The molecular formula is C17H26Ar2FN. The average Bonchev–Trinajstić information content (AvgIpc) is 2.37. The van der Waals surface area contributed by atoms with E-state index in [2.05, 4.69) is 32.7 Å². The second kappa shape index (κ2) is 11.8. The number of hydrogen-bond acceptors (Lipinski definition) is 1. The van der Waals surface area contributed by atoms with E-state index in [-0.39, 0.29) is 81.3 Å². The van der Waals surface area contributed by atoms with Gasteiger partial charge in [-0.2, -0.15) is 0 Å². The van der Waals surface area contributed by atoms with Crippen LogP contribution in [-0.2, 0) is 0 Å². The SMILES string of the molecule is CC1=CC(F)=C(C)CC1.CC1=CN=C(C)C(C)C1C.[Ar].[Ar]. The Labute approximate surface area is 189 Å². The van der Waals surface area contributed by atoms with Gasteiger partial charge in [0, 0.05) is 93.3 Å². The minimum absolute atomic E-state index is 0. The summed E-state index contributed by atoms with van der Waals surface area (Å²) in [7, 11) is 0. The monoisotopic (exact) mass is 343 g/mol. The molecule has 1 nitrogen and oxygen atoms in total. The number of rotatable bonds is 0. The first-order valence-electron chi connectivity index (χ1n) is 7.06. The van der Waals surface area contributed by atoms with Crippen molar-refractivity contribution in [2.45, 2.75) is 54.4 Å². The van der Waals surface area contributed by atoms with Crippen LogP contribution in [0.5, 0.6) is 0 Å². The Hall–Kier alpha value is 1.34. The van der Waals surface area contributed by atoms with Crippen LogP contribution in [0, 0.1) is 87.3 Å². The van der Waals surface area contributed by atoms with E-state index >= 15 is 0 Å². The maximum Gasteiger partial charge on any atom is 0.122 e. The van der Waals surface area contributed by atoms with Crippen molar-refractivity contribution in [1.29, 1.82) is 0 Å². The van der Waals surface area contributed by atoms with Crippen LogP contribution in [0.3, 0.4) is 0 Å². The number of aliphatic imine (C=N–C) groups is 1. The molecule has 1 aliphatic heterocycles. The second-order valence-electron chi connectivity index (χ2n) is 5.84. The molecule has 0 fully saturated rings. The quantitative estimate of drug-likeness (QED) is 0.542. The summed E-state index contributed by atoms with van der Waals surface area (Å²) in [6.45, 7) is 12.6. The van der Waals surface area contributed by atoms with Gasteiger partial charge in [-0.1, -0.05) is 25.0 Å². The fourth-order valence-corrected chi connectivity index (χ4v) is 2.11. The van der Waals surface area contributed by atoms with Gasteiger partial charge in [-0.05, 0) is 58.1 Å². The van der Waals surface area contributed by atoms with Gasteiger partial charge in [0.25, 0.3) is 0 Å². The molecule has 1 heterocycles. The molecule has 0 aromatic rings. The van der Waals surface area contributed by atoms with Gasteiger partial charge in [-0.25, -0.2) is 4.39 Å². The summed E-state index contributed by atoms with van der Waals surface area (Å²) in [6, 6.07) is 0. The Morgan fingerprint density at radius 3 is 2.00 bits per heavy atom. The minimum atomic E-state index is -0.0289. The van der Waals surface area contributed by atoms with Crippen LogP contribution >= 0.6 is 0 Å². The second-order valence-corrected chi connectivity index (χ2v) is 5.84. The maximum atomic E-state index is 12.6. The van der Waals surface area contributed by atoms with Gasteiger partial charge in [0.15, 0.2) is 0 Å². The van der Waals surface area contributed by atoms with Crippen molar-refractivity contribution in [1.82, 2.24) is 0 Å². The predicted octanol–water partition coefficient (Wildman–Crippen LogP) is 5.61. The van der Waals surface area contributed by atoms with Gasteiger partial charge >= 0.3 is 0 Å². The van der Waals surface area contributed by atoms with E-state index in [4.69, 9.17) is 0 Å². The van der Waals surface area contributed by atoms with E-state index in [0.717, 1.165) is 24.0 Å². The minimum Gasteiger partial charge on any atom is -0.266 e. The molecule has 0 radical (unpaired) electrons. The maximum absolute atomic E-state index is 12.6. The molecule has 0 spiro atoms. The number of nitrogens with zero attached hydrogens (tertiary/aromatic N) is 1. The summed E-state index contributed by atoms with van der Waals surface area (Å²) in [5.74, 6) is 1.28. The van der Waals surface area contributed by atoms with Crippen LogP contribution < -0.4 is 0 Å². The zero-order valence-corrected chi connectivity index (χ0v) is 15.2. The molecule has 4 heteroatoms. The van der Waals surface area contributed by atoms with Gasteiger partial charge in [-0.3, -0.25) is 4.99 Å². The zero-order chi connectivity index (χ0) is 14.6. The van der Waals surface area contributed by atoms with E-state index < -0.39 is 0 Å². The van der Waals surface area contributed by atoms with Crippen molar-refractivity contribution in [3.63, 3.8) is 0 Å². The van der Waals surface area contributed by atoms with Crippen molar-refractivity contribution < 1.29 is 79.9 Å². The summed E-state index contributed by atoms with van der Waals surface area (Å²) in [5, 5.41) is 0. The van der Waals surface area contributed by atoms with E-state index in [1.54, 1.807) is 6.08 Å². The topological polar surface area (TPSA) is 12.4 Å². The van der Waals surface area contributed by atoms with Crippen LogP contribution in [0.4, 0.5) is 4.39 Å². The molecule has 0 aromatic carbocycles. The van der Waals surface area contributed by atoms with Crippen LogP contribution in [0.1, 0.15) is 54.4 Å². The zero-order valence-electron chi connectivity index (χ0n) is 13.8. The fraction of sp³-hybridized carbons (Fsp3) is 0.588. The van der Waals surface area contributed by atoms with Crippen molar-refractivity contribution in [3.8, 4) is 0 Å². The first-order valence-corrected chi connectivity index (χ1v) is 7.06. The molecule has 1 aliphatic carbocycles. The first-order chi connectivity index (χ1) is 8.82. The Morgan fingerprint density at radius 1 is 1.00 bits per heavy atom. The number of allylic oxidation sites excluding steroid dienone is 5. The molecule has 2 atom stereocenters. The average molecular weight is 343 g/mol. The summed E-state index contributed by atoms with van der Waals surface area (Å²) < 4.78 is 12.6. The molecule has 0 saturated heterocycles. The Balaban J connectivity index is 0. The standard InChI is InChI=1S/C9H15N.C8H11F.2Ar/c1-6-5-10-9(4)8(3)7(6)2;1-6-3-4-7(2)8(9)5-6;;/h5,7-8H,1-4H3;5H,3-4H2,1-2H3;;. The molecule has 0 saturated carbocycles. The van der Waals surface area contributed by atoms with Gasteiger partial charge in [-0.15, -0.1) is 0 Å². The van der Waals surface area contributed by atoms with Crippen molar-refractivity contribution >= 4 is 5.71 Å². The summed E-state index contributed by atoms with van der Waals surface area (Å²) in [5.41, 5.74) is 4.70. The summed E-state index contributed by atoms with van der Waals surface area (Å²) in [6.07, 6.45) is 5.53. The predicted molar refractivity (Wildman–Crippen MR) is 82.0 cm³/mol. The van der Waals surface area contributed by atoms with Gasteiger partial charge < -0.3 is 0 Å². The van der Waals surface area contributed by atoms with Crippen molar-refractivity contribution in [2.75, 3.05) is 0 Å². The summed E-state index contributed by atoms with van der Waals surface area (Å²) >= 11 is 0. The van der Waals surface area contributed by atoms with Crippen LogP contribution in [-0.4, -0.2) is 5.71 Å². The van der Waals surface area contributed by atoms with Crippen LogP contribution in [0.2, 0.25) is 0 Å². The molecule has 2 aliphatic rings. The fourth-order valence-electron chi connectivity index (χ4n) is 2.11. The molecule has 2 rings (SSSR count). The molecule has 0 bridgehead atoms. The molecular weight excluding hydrogens is 317 g/mol. The van der Waals surface area contributed by atoms with Crippen molar-refractivity contribution in [2.24, 2.45) is 16.8 Å². The third-order valence-corrected chi connectivity index (χ3v) is 4.27. The van der Waals surface area contributed by atoms with E-state index in [1.165, 1.54) is 11.3 Å². The van der Waals surface area contributed by atoms with Crippen LogP contribution in [0.25, 0.3) is 0 Å². The first kappa shape index (κ1) is 24.6. The molecule has 21 heavy (non-hydrogen) atoms. The molecule has 2 unspecified atom stereocenters. The molecule has 122 valence electrons. The van der Waals surface area contributed by atoms with Gasteiger partial charge in [0.2, 0.25) is 0 Å². The molecule has 0 N–H and O–H groups in total. The van der Waals surface area contributed by atoms with Crippen molar-refractivity contribution in [3.05, 3.63) is 34.8 Å².